The molecule has 1 heterocycles. The lowest BCUT2D eigenvalue weighted by molar-refractivity contribution is 0.598. The minimum Gasteiger partial charge on any atom is -0.320 e. The lowest BCUT2D eigenvalue weighted by atomic mass is 10.0. The second kappa shape index (κ2) is 5.79. The number of rotatable bonds is 3. The molecule has 1 aromatic heterocycles. The van der Waals surface area contributed by atoms with Crippen LogP contribution in [0.4, 0.5) is 4.39 Å². The summed E-state index contributed by atoms with van der Waals surface area (Å²) in [6.07, 6.45) is 3.48. The molecule has 0 aliphatic heterocycles. The van der Waals surface area contributed by atoms with E-state index in [1.807, 2.05) is 36.5 Å². The Morgan fingerprint density at radius 3 is 2.57 bits per heavy atom. The third kappa shape index (κ3) is 2.75. The fourth-order valence-electron chi connectivity index (χ4n) is 2.19. The molecule has 3 nitrogen and oxygen atoms in total. The molecule has 106 valence electrons. The van der Waals surface area contributed by atoms with E-state index >= 15 is 0 Å². The van der Waals surface area contributed by atoms with Gasteiger partial charge in [-0.05, 0) is 24.3 Å². The average molecular weight is 346 g/mol. The van der Waals surface area contributed by atoms with Crippen LogP contribution in [0.3, 0.4) is 0 Å². The highest BCUT2D eigenvalue weighted by molar-refractivity contribution is 9.10. The summed E-state index contributed by atoms with van der Waals surface area (Å²) >= 11 is 3.35. The molecule has 1 unspecified atom stereocenters. The number of nitrogens with two attached hydrogens (primary N) is 1. The average Bonchev–Trinajstić information content (AvgIpc) is 2.97. The van der Waals surface area contributed by atoms with E-state index in [1.165, 1.54) is 6.07 Å². The van der Waals surface area contributed by atoms with Crippen LogP contribution in [-0.4, -0.2) is 9.78 Å². The van der Waals surface area contributed by atoms with Crippen molar-refractivity contribution in [2.24, 2.45) is 5.73 Å². The standard InChI is InChI=1S/C16H13BrFN3/c17-13-7-4-8-14(18)15(13)16(19)11-9-20-21(10-11)12-5-2-1-3-6-12/h1-10,16H,19H2. The highest BCUT2D eigenvalue weighted by Gasteiger charge is 2.18. The van der Waals surface area contributed by atoms with Gasteiger partial charge in [0.05, 0.1) is 17.9 Å². The van der Waals surface area contributed by atoms with Gasteiger partial charge in [-0.2, -0.15) is 5.10 Å². The summed E-state index contributed by atoms with van der Waals surface area (Å²) in [7, 11) is 0. The number of halogens is 2. The van der Waals surface area contributed by atoms with Crippen molar-refractivity contribution in [2.75, 3.05) is 0 Å². The molecule has 0 saturated heterocycles. The van der Waals surface area contributed by atoms with Crippen LogP contribution < -0.4 is 5.73 Å². The second-order valence-electron chi connectivity index (χ2n) is 4.67. The summed E-state index contributed by atoms with van der Waals surface area (Å²) in [5.41, 5.74) is 8.31. The fraction of sp³-hybridized carbons (Fsp3) is 0.0625. The van der Waals surface area contributed by atoms with Crippen LogP contribution in [0.5, 0.6) is 0 Å². The number of benzene rings is 2. The Hall–Kier alpha value is -1.98. The molecule has 0 bridgehead atoms. The van der Waals surface area contributed by atoms with Gasteiger partial charge in [-0.25, -0.2) is 9.07 Å². The van der Waals surface area contributed by atoms with E-state index in [1.54, 1.807) is 23.0 Å². The van der Waals surface area contributed by atoms with Crippen molar-refractivity contribution < 1.29 is 4.39 Å². The summed E-state index contributed by atoms with van der Waals surface area (Å²) in [5, 5.41) is 4.29. The fourth-order valence-corrected chi connectivity index (χ4v) is 2.78. The maximum absolute atomic E-state index is 14.0. The Balaban J connectivity index is 1.97. The lowest BCUT2D eigenvalue weighted by Gasteiger charge is -2.13. The van der Waals surface area contributed by atoms with Crippen molar-refractivity contribution in [2.45, 2.75) is 6.04 Å². The van der Waals surface area contributed by atoms with E-state index in [9.17, 15) is 4.39 Å². The van der Waals surface area contributed by atoms with Crippen molar-refractivity contribution >= 4 is 15.9 Å². The summed E-state index contributed by atoms with van der Waals surface area (Å²) in [5.74, 6) is -0.329. The van der Waals surface area contributed by atoms with Gasteiger partial charge in [-0.15, -0.1) is 0 Å². The molecule has 0 radical (unpaired) electrons. The van der Waals surface area contributed by atoms with Crippen molar-refractivity contribution in [3.05, 3.63) is 82.3 Å². The Kier molecular flexibility index (Phi) is 3.86. The lowest BCUT2D eigenvalue weighted by Crippen LogP contribution is -2.13. The van der Waals surface area contributed by atoms with Gasteiger partial charge in [-0.1, -0.05) is 40.2 Å². The zero-order chi connectivity index (χ0) is 14.8. The number of hydrogen-bond acceptors (Lipinski definition) is 2. The van der Waals surface area contributed by atoms with E-state index in [-0.39, 0.29) is 5.82 Å². The SMILES string of the molecule is NC(c1cnn(-c2ccccc2)c1)c1c(F)cccc1Br. The van der Waals surface area contributed by atoms with Crippen LogP contribution in [0.15, 0.2) is 65.4 Å². The van der Waals surface area contributed by atoms with Crippen molar-refractivity contribution in [3.8, 4) is 5.69 Å². The zero-order valence-electron chi connectivity index (χ0n) is 11.1. The molecule has 2 N–H and O–H groups in total. The summed E-state index contributed by atoms with van der Waals surface area (Å²) in [6, 6.07) is 14.0. The van der Waals surface area contributed by atoms with Gasteiger partial charge in [0, 0.05) is 21.8 Å². The first-order chi connectivity index (χ1) is 10.2. The molecule has 0 aliphatic rings. The number of aromatic nitrogens is 2. The Labute approximate surface area is 130 Å². The Morgan fingerprint density at radius 1 is 1.10 bits per heavy atom. The van der Waals surface area contributed by atoms with E-state index in [0.29, 0.717) is 10.0 Å². The topological polar surface area (TPSA) is 43.8 Å². The van der Waals surface area contributed by atoms with E-state index in [2.05, 4.69) is 21.0 Å². The van der Waals surface area contributed by atoms with Crippen LogP contribution in [0.1, 0.15) is 17.2 Å². The van der Waals surface area contributed by atoms with Crippen molar-refractivity contribution in [1.82, 2.24) is 9.78 Å². The predicted octanol–water partition coefficient (Wildman–Crippen LogP) is 3.82. The molecule has 0 aliphatic carbocycles. The summed E-state index contributed by atoms with van der Waals surface area (Å²) < 4.78 is 16.4. The minimum absolute atomic E-state index is 0.329. The van der Waals surface area contributed by atoms with Gasteiger partial charge in [0.25, 0.3) is 0 Å². The van der Waals surface area contributed by atoms with Crippen LogP contribution in [0, 0.1) is 5.82 Å². The summed E-state index contributed by atoms with van der Waals surface area (Å²) in [4.78, 5) is 0. The Bertz CT molecular complexity index is 735. The quantitative estimate of drug-likeness (QED) is 0.784. The van der Waals surface area contributed by atoms with Crippen molar-refractivity contribution in [3.63, 3.8) is 0 Å². The van der Waals surface area contributed by atoms with Crippen LogP contribution in [-0.2, 0) is 0 Å². The molecule has 5 heteroatoms. The van der Waals surface area contributed by atoms with Gasteiger partial charge >= 0.3 is 0 Å². The van der Waals surface area contributed by atoms with Crippen LogP contribution in [0.2, 0.25) is 0 Å². The third-order valence-corrected chi connectivity index (χ3v) is 3.98. The first kappa shape index (κ1) is 14.0. The summed E-state index contributed by atoms with van der Waals surface area (Å²) in [6.45, 7) is 0. The maximum Gasteiger partial charge on any atom is 0.129 e. The van der Waals surface area contributed by atoms with Crippen LogP contribution >= 0.6 is 15.9 Å². The molecule has 0 fully saturated rings. The predicted molar refractivity (Wildman–Crippen MR) is 83.7 cm³/mol. The molecule has 21 heavy (non-hydrogen) atoms. The molecule has 0 spiro atoms. The van der Waals surface area contributed by atoms with E-state index < -0.39 is 6.04 Å². The smallest absolute Gasteiger partial charge is 0.129 e. The highest BCUT2D eigenvalue weighted by Crippen LogP contribution is 2.29. The van der Waals surface area contributed by atoms with Crippen molar-refractivity contribution in [1.29, 1.82) is 0 Å². The molecule has 3 rings (SSSR count). The van der Waals surface area contributed by atoms with Gasteiger partial charge in [-0.3, -0.25) is 0 Å². The number of para-hydroxylation sites is 1. The van der Waals surface area contributed by atoms with E-state index in [4.69, 9.17) is 5.73 Å². The molecule has 0 amide bonds. The molecule has 1 atom stereocenters. The third-order valence-electron chi connectivity index (χ3n) is 3.29. The molecular formula is C16H13BrFN3. The normalized spacial score (nSPS) is 12.3. The molecule has 0 saturated carbocycles. The molecular weight excluding hydrogens is 333 g/mol. The molecule has 2 aromatic carbocycles. The second-order valence-corrected chi connectivity index (χ2v) is 5.52. The van der Waals surface area contributed by atoms with Crippen LogP contribution in [0.25, 0.3) is 5.69 Å². The highest BCUT2D eigenvalue weighted by atomic mass is 79.9. The minimum atomic E-state index is -0.571. The number of hydrogen-bond donors (Lipinski definition) is 1. The monoisotopic (exact) mass is 345 g/mol. The molecule has 3 aromatic rings. The van der Waals surface area contributed by atoms with Gasteiger partial charge < -0.3 is 5.73 Å². The number of nitrogens with zero attached hydrogens (tertiary/aromatic N) is 2. The van der Waals surface area contributed by atoms with Gasteiger partial charge in [0.1, 0.15) is 5.82 Å². The Morgan fingerprint density at radius 2 is 1.86 bits per heavy atom. The van der Waals surface area contributed by atoms with Gasteiger partial charge in [0.15, 0.2) is 0 Å². The maximum atomic E-state index is 14.0. The first-order valence-corrected chi connectivity index (χ1v) is 7.25. The van der Waals surface area contributed by atoms with E-state index in [0.717, 1.165) is 11.3 Å². The first-order valence-electron chi connectivity index (χ1n) is 6.46. The largest absolute Gasteiger partial charge is 0.320 e. The van der Waals surface area contributed by atoms with Gasteiger partial charge in [0.2, 0.25) is 0 Å². The zero-order valence-corrected chi connectivity index (χ0v) is 12.7.